The van der Waals surface area contributed by atoms with E-state index in [1.165, 1.54) is 0 Å². The third-order valence-corrected chi connectivity index (χ3v) is 3.00. The van der Waals surface area contributed by atoms with Crippen molar-refractivity contribution in [2.75, 3.05) is 13.2 Å². The number of nitrogens with one attached hydrogen (secondary N) is 1. The van der Waals surface area contributed by atoms with Gasteiger partial charge in [-0.3, -0.25) is 24.6 Å². The van der Waals surface area contributed by atoms with Crippen LogP contribution in [0.15, 0.2) is 0 Å². The van der Waals surface area contributed by atoms with Crippen LogP contribution in [0.2, 0.25) is 0 Å². The fourth-order valence-electron chi connectivity index (χ4n) is 2.03. The van der Waals surface area contributed by atoms with Crippen molar-refractivity contribution in [1.29, 1.82) is 0 Å². The lowest BCUT2D eigenvalue weighted by molar-refractivity contribution is -0.146. The molecule has 1 unspecified atom stereocenters. The zero-order valence-electron chi connectivity index (χ0n) is 11.8. The van der Waals surface area contributed by atoms with Crippen LogP contribution in [0.4, 0.5) is 4.79 Å². The quantitative estimate of drug-likeness (QED) is 0.552. The number of barbiturate groups is 1. The first-order chi connectivity index (χ1) is 9.51. The molecule has 0 saturated carbocycles. The molecule has 1 N–H and O–H groups in total. The molecule has 0 aromatic rings. The number of hydrogen-bond donors (Lipinski definition) is 1. The van der Waals surface area contributed by atoms with Crippen LogP contribution in [0.25, 0.3) is 0 Å². The van der Waals surface area contributed by atoms with Crippen LogP contribution in [-0.4, -0.2) is 41.9 Å². The first kappa shape index (κ1) is 16.1. The first-order valence-corrected chi connectivity index (χ1v) is 6.83. The monoisotopic (exact) mass is 284 g/mol. The van der Waals surface area contributed by atoms with E-state index < -0.39 is 23.8 Å². The molecule has 0 aliphatic carbocycles. The average Bonchev–Trinajstić information content (AvgIpc) is 2.38. The molecule has 0 bridgehead atoms. The van der Waals surface area contributed by atoms with Crippen molar-refractivity contribution in [2.24, 2.45) is 5.92 Å². The number of ether oxygens (including phenoxy) is 1. The largest absolute Gasteiger partial charge is 0.466 e. The third kappa shape index (κ3) is 4.04. The number of esters is 1. The normalized spacial score (nSPS) is 19.0. The summed E-state index contributed by atoms with van der Waals surface area (Å²) in [5.41, 5.74) is 0. The van der Waals surface area contributed by atoms with E-state index >= 15 is 0 Å². The highest BCUT2D eigenvalue weighted by atomic mass is 16.5. The van der Waals surface area contributed by atoms with Crippen LogP contribution in [0.1, 0.15) is 39.5 Å². The summed E-state index contributed by atoms with van der Waals surface area (Å²) in [6.07, 6.45) is 1.54. The maximum atomic E-state index is 12.1. The third-order valence-electron chi connectivity index (χ3n) is 3.00. The summed E-state index contributed by atoms with van der Waals surface area (Å²) in [7, 11) is 0. The van der Waals surface area contributed by atoms with E-state index in [1.807, 2.05) is 6.92 Å². The van der Waals surface area contributed by atoms with Gasteiger partial charge in [-0.2, -0.15) is 0 Å². The van der Waals surface area contributed by atoms with Crippen molar-refractivity contribution in [3.8, 4) is 0 Å². The number of urea groups is 1. The van der Waals surface area contributed by atoms with Crippen LogP contribution in [0, 0.1) is 5.92 Å². The van der Waals surface area contributed by atoms with E-state index in [0.29, 0.717) is 25.9 Å². The Bertz CT molecular complexity index is 408. The topological polar surface area (TPSA) is 92.8 Å². The minimum Gasteiger partial charge on any atom is -0.466 e. The second-order valence-electron chi connectivity index (χ2n) is 4.53. The standard InChI is InChI=1S/C13H20N2O5/c1-3-6-9-11(17)14-13(19)15(12(9)18)8-5-7-10(16)20-4-2/h9H,3-8H2,1-2H3,(H,14,17,19). The number of amides is 4. The molecule has 1 atom stereocenters. The highest BCUT2D eigenvalue weighted by Gasteiger charge is 2.39. The van der Waals surface area contributed by atoms with Gasteiger partial charge < -0.3 is 4.74 Å². The minimum absolute atomic E-state index is 0.108. The zero-order chi connectivity index (χ0) is 15.1. The van der Waals surface area contributed by atoms with Crippen molar-refractivity contribution < 1.29 is 23.9 Å². The molecule has 1 fully saturated rings. The van der Waals surface area contributed by atoms with Crippen LogP contribution >= 0.6 is 0 Å². The van der Waals surface area contributed by atoms with Gasteiger partial charge in [-0.15, -0.1) is 0 Å². The van der Waals surface area contributed by atoms with Crippen molar-refractivity contribution in [3.63, 3.8) is 0 Å². The highest BCUT2D eigenvalue weighted by molar-refractivity contribution is 6.16. The zero-order valence-corrected chi connectivity index (χ0v) is 11.8. The number of hydrogen-bond acceptors (Lipinski definition) is 5. The molecule has 1 rings (SSSR count). The molecule has 0 spiro atoms. The number of carbonyl (C=O) groups is 4. The van der Waals surface area contributed by atoms with Gasteiger partial charge in [0.25, 0.3) is 0 Å². The molecule has 20 heavy (non-hydrogen) atoms. The smallest absolute Gasteiger partial charge is 0.330 e. The van der Waals surface area contributed by atoms with Crippen molar-refractivity contribution in [2.45, 2.75) is 39.5 Å². The first-order valence-electron chi connectivity index (χ1n) is 6.83. The van der Waals surface area contributed by atoms with Gasteiger partial charge in [-0.25, -0.2) is 4.79 Å². The van der Waals surface area contributed by atoms with Gasteiger partial charge in [0.05, 0.1) is 6.61 Å². The summed E-state index contributed by atoms with van der Waals surface area (Å²) in [5, 5.41) is 2.17. The Hall–Kier alpha value is -1.92. The van der Waals surface area contributed by atoms with Crippen LogP contribution in [-0.2, 0) is 19.1 Å². The van der Waals surface area contributed by atoms with Gasteiger partial charge in [-0.05, 0) is 19.8 Å². The SMILES string of the molecule is CCCC1C(=O)NC(=O)N(CCCC(=O)OCC)C1=O. The lowest BCUT2D eigenvalue weighted by atomic mass is 9.99. The molecule has 0 radical (unpaired) electrons. The van der Waals surface area contributed by atoms with Crippen molar-refractivity contribution in [3.05, 3.63) is 0 Å². The van der Waals surface area contributed by atoms with E-state index in [1.54, 1.807) is 6.92 Å². The predicted molar refractivity (Wildman–Crippen MR) is 69.5 cm³/mol. The maximum absolute atomic E-state index is 12.1. The summed E-state index contributed by atoms with van der Waals surface area (Å²) in [6.45, 7) is 3.98. The Morgan fingerprint density at radius 3 is 2.60 bits per heavy atom. The second-order valence-corrected chi connectivity index (χ2v) is 4.53. The fourth-order valence-corrected chi connectivity index (χ4v) is 2.03. The van der Waals surface area contributed by atoms with Gasteiger partial charge in [0, 0.05) is 13.0 Å². The van der Waals surface area contributed by atoms with E-state index in [2.05, 4.69) is 5.32 Å². The maximum Gasteiger partial charge on any atom is 0.330 e. The number of rotatable bonds is 7. The van der Waals surface area contributed by atoms with Crippen molar-refractivity contribution >= 4 is 23.8 Å². The van der Waals surface area contributed by atoms with Crippen LogP contribution in [0.5, 0.6) is 0 Å². The molecule has 1 saturated heterocycles. The van der Waals surface area contributed by atoms with E-state index in [4.69, 9.17) is 4.74 Å². The lowest BCUT2D eigenvalue weighted by Crippen LogP contribution is -2.58. The summed E-state index contributed by atoms with van der Waals surface area (Å²) < 4.78 is 4.76. The Morgan fingerprint density at radius 1 is 1.30 bits per heavy atom. The predicted octanol–water partition coefficient (Wildman–Crippen LogP) is 0.824. The second kappa shape index (κ2) is 7.62. The fraction of sp³-hybridized carbons (Fsp3) is 0.692. The molecule has 4 amide bonds. The van der Waals surface area contributed by atoms with Gasteiger partial charge in [0.1, 0.15) is 5.92 Å². The summed E-state index contributed by atoms with van der Waals surface area (Å²) in [5.74, 6) is -2.19. The number of nitrogens with zero attached hydrogens (tertiary/aromatic N) is 1. The van der Waals surface area contributed by atoms with Gasteiger partial charge >= 0.3 is 12.0 Å². The molecule has 0 aromatic heterocycles. The molecule has 1 heterocycles. The molecule has 7 heteroatoms. The van der Waals surface area contributed by atoms with Gasteiger partial charge in [-0.1, -0.05) is 13.3 Å². The Morgan fingerprint density at radius 2 is 2.00 bits per heavy atom. The van der Waals surface area contributed by atoms with E-state index in [0.717, 1.165) is 4.90 Å². The Balaban J connectivity index is 2.55. The van der Waals surface area contributed by atoms with Gasteiger partial charge in [0.15, 0.2) is 0 Å². The minimum atomic E-state index is -0.805. The molecular formula is C13H20N2O5. The van der Waals surface area contributed by atoms with Crippen molar-refractivity contribution in [1.82, 2.24) is 10.2 Å². The Labute approximate surface area is 117 Å². The molecule has 0 aromatic carbocycles. The average molecular weight is 284 g/mol. The van der Waals surface area contributed by atoms with Crippen LogP contribution in [0.3, 0.4) is 0 Å². The highest BCUT2D eigenvalue weighted by Crippen LogP contribution is 2.16. The molecule has 7 nitrogen and oxygen atoms in total. The number of carbonyl (C=O) groups excluding carboxylic acids is 4. The summed E-state index contributed by atoms with van der Waals surface area (Å²) in [6, 6.07) is -0.712. The molecule has 1 aliphatic heterocycles. The molecule has 112 valence electrons. The van der Waals surface area contributed by atoms with E-state index in [9.17, 15) is 19.2 Å². The van der Waals surface area contributed by atoms with Gasteiger partial charge in [0.2, 0.25) is 11.8 Å². The molecular weight excluding hydrogens is 264 g/mol. The van der Waals surface area contributed by atoms with Crippen LogP contribution < -0.4 is 5.32 Å². The summed E-state index contributed by atoms with van der Waals surface area (Å²) in [4.78, 5) is 47.4. The number of imide groups is 2. The lowest BCUT2D eigenvalue weighted by Gasteiger charge is -2.29. The van der Waals surface area contributed by atoms with E-state index in [-0.39, 0.29) is 18.9 Å². The summed E-state index contributed by atoms with van der Waals surface area (Å²) >= 11 is 0. The Kier molecular flexibility index (Phi) is 6.14. The molecule has 1 aliphatic rings.